The Labute approximate surface area is 158 Å². The Balaban J connectivity index is 1.34. The second-order valence-corrected chi connectivity index (χ2v) is 7.18. The van der Waals surface area contributed by atoms with Gasteiger partial charge < -0.3 is 13.6 Å². The predicted octanol–water partition coefficient (Wildman–Crippen LogP) is 4.68. The van der Waals surface area contributed by atoms with E-state index in [0.29, 0.717) is 23.3 Å². The van der Waals surface area contributed by atoms with Gasteiger partial charge in [-0.3, -0.25) is 0 Å². The maximum Gasteiger partial charge on any atom is 0.276 e. The van der Waals surface area contributed by atoms with E-state index in [9.17, 15) is 0 Å². The average molecular weight is 385 g/mol. The summed E-state index contributed by atoms with van der Waals surface area (Å²) in [4.78, 5) is 4.56. The number of thiazole rings is 1. The first-order valence-electron chi connectivity index (χ1n) is 7.86. The number of rotatable bonds is 7. The van der Waals surface area contributed by atoms with Crippen LogP contribution < -0.4 is 4.74 Å². The van der Waals surface area contributed by atoms with Crippen molar-refractivity contribution in [3.8, 4) is 16.5 Å². The molecule has 4 aromatic rings. The molecule has 1 aromatic carbocycles. The number of methoxy groups -OCH3 is 1. The molecule has 132 valence electrons. The molecule has 8 heteroatoms. The number of hydrogen-bond donors (Lipinski definition) is 0. The van der Waals surface area contributed by atoms with E-state index in [1.54, 1.807) is 24.7 Å². The van der Waals surface area contributed by atoms with Crippen LogP contribution in [0.4, 0.5) is 0 Å². The summed E-state index contributed by atoms with van der Waals surface area (Å²) in [7, 11) is 1.65. The lowest BCUT2D eigenvalue weighted by Gasteiger charge is -2.00. The SMILES string of the molecule is COc1ccc(Cc2nnc(SCc3csc(-c4ccco4)n3)o2)cc1. The molecule has 0 unspecified atom stereocenters. The van der Waals surface area contributed by atoms with Gasteiger partial charge in [-0.15, -0.1) is 21.5 Å². The second kappa shape index (κ2) is 7.76. The third-order valence-electron chi connectivity index (χ3n) is 3.59. The van der Waals surface area contributed by atoms with Crippen LogP contribution in [0.2, 0.25) is 0 Å². The van der Waals surface area contributed by atoms with Gasteiger partial charge in [0.1, 0.15) is 5.75 Å². The lowest BCUT2D eigenvalue weighted by atomic mass is 10.1. The van der Waals surface area contributed by atoms with Gasteiger partial charge in [0.25, 0.3) is 5.22 Å². The van der Waals surface area contributed by atoms with E-state index in [0.717, 1.165) is 27.8 Å². The van der Waals surface area contributed by atoms with Gasteiger partial charge in [0, 0.05) is 11.1 Å². The molecule has 0 saturated carbocycles. The minimum Gasteiger partial charge on any atom is -0.497 e. The summed E-state index contributed by atoms with van der Waals surface area (Å²) in [5.41, 5.74) is 2.05. The third kappa shape index (κ3) is 3.97. The quantitative estimate of drug-likeness (QED) is 0.428. The molecule has 0 amide bonds. The summed E-state index contributed by atoms with van der Waals surface area (Å²) in [6.07, 6.45) is 2.24. The fourth-order valence-corrected chi connectivity index (χ4v) is 3.87. The van der Waals surface area contributed by atoms with Crippen molar-refractivity contribution in [2.45, 2.75) is 17.4 Å². The van der Waals surface area contributed by atoms with E-state index in [1.807, 2.05) is 41.8 Å². The molecule has 0 radical (unpaired) electrons. The zero-order valence-electron chi connectivity index (χ0n) is 13.9. The van der Waals surface area contributed by atoms with Crippen LogP contribution >= 0.6 is 23.1 Å². The molecule has 26 heavy (non-hydrogen) atoms. The van der Waals surface area contributed by atoms with E-state index in [2.05, 4.69) is 15.2 Å². The highest BCUT2D eigenvalue weighted by molar-refractivity contribution is 7.98. The van der Waals surface area contributed by atoms with Crippen LogP contribution in [0.15, 0.2) is 62.1 Å². The van der Waals surface area contributed by atoms with Crippen LogP contribution in [0.25, 0.3) is 10.8 Å². The van der Waals surface area contributed by atoms with Crippen LogP contribution in [-0.2, 0) is 12.2 Å². The molecule has 0 aliphatic carbocycles. The highest BCUT2D eigenvalue weighted by Gasteiger charge is 2.11. The van der Waals surface area contributed by atoms with Crippen molar-refractivity contribution in [2.75, 3.05) is 7.11 Å². The van der Waals surface area contributed by atoms with Gasteiger partial charge in [-0.05, 0) is 29.8 Å². The lowest BCUT2D eigenvalue weighted by molar-refractivity contribution is 0.413. The van der Waals surface area contributed by atoms with E-state index in [-0.39, 0.29) is 0 Å². The Kier molecular flexibility index (Phi) is 5.03. The highest BCUT2D eigenvalue weighted by atomic mass is 32.2. The molecule has 0 saturated heterocycles. The van der Waals surface area contributed by atoms with E-state index >= 15 is 0 Å². The Morgan fingerprint density at radius 3 is 2.81 bits per heavy atom. The Bertz CT molecular complexity index is 962. The summed E-state index contributed by atoms with van der Waals surface area (Å²) < 4.78 is 16.2. The molecular formula is C18H15N3O3S2. The number of benzene rings is 1. The number of ether oxygens (including phenoxy) is 1. The smallest absolute Gasteiger partial charge is 0.276 e. The molecule has 6 nitrogen and oxygen atoms in total. The van der Waals surface area contributed by atoms with E-state index in [1.165, 1.54) is 11.8 Å². The molecule has 4 rings (SSSR count). The van der Waals surface area contributed by atoms with Crippen molar-refractivity contribution in [3.05, 3.63) is 65.2 Å². The summed E-state index contributed by atoms with van der Waals surface area (Å²) in [5.74, 6) is 2.87. The molecule has 0 spiro atoms. The third-order valence-corrected chi connectivity index (χ3v) is 5.35. The van der Waals surface area contributed by atoms with Crippen molar-refractivity contribution < 1.29 is 13.6 Å². The molecule has 0 atom stereocenters. The average Bonchev–Trinajstić information content (AvgIpc) is 3.42. The second-order valence-electron chi connectivity index (χ2n) is 5.40. The van der Waals surface area contributed by atoms with Crippen LogP contribution in [-0.4, -0.2) is 22.3 Å². The van der Waals surface area contributed by atoms with Crippen molar-refractivity contribution in [2.24, 2.45) is 0 Å². The van der Waals surface area contributed by atoms with Gasteiger partial charge in [-0.25, -0.2) is 4.98 Å². The maximum atomic E-state index is 5.71. The summed E-state index contributed by atoms with van der Waals surface area (Å²) in [6, 6.07) is 11.6. The topological polar surface area (TPSA) is 74.2 Å². The van der Waals surface area contributed by atoms with Gasteiger partial charge in [0.15, 0.2) is 10.8 Å². The maximum absolute atomic E-state index is 5.71. The first-order valence-corrected chi connectivity index (χ1v) is 9.73. The molecule has 0 bridgehead atoms. The molecular weight excluding hydrogens is 370 g/mol. The summed E-state index contributed by atoms with van der Waals surface area (Å²) in [5, 5.41) is 11.6. The highest BCUT2D eigenvalue weighted by Crippen LogP contribution is 2.28. The molecule has 0 aliphatic heterocycles. The first kappa shape index (κ1) is 16.9. The van der Waals surface area contributed by atoms with Gasteiger partial charge >= 0.3 is 0 Å². The van der Waals surface area contributed by atoms with E-state index in [4.69, 9.17) is 13.6 Å². The molecule has 0 N–H and O–H groups in total. The van der Waals surface area contributed by atoms with Crippen molar-refractivity contribution in [3.63, 3.8) is 0 Å². The van der Waals surface area contributed by atoms with Crippen molar-refractivity contribution in [1.82, 2.24) is 15.2 Å². The molecule has 0 fully saturated rings. The van der Waals surface area contributed by atoms with Gasteiger partial charge in [0.2, 0.25) is 5.89 Å². The Morgan fingerprint density at radius 1 is 1.15 bits per heavy atom. The molecule has 3 heterocycles. The fourth-order valence-electron chi connectivity index (χ4n) is 2.31. The first-order chi connectivity index (χ1) is 12.8. The number of thioether (sulfide) groups is 1. The van der Waals surface area contributed by atoms with Gasteiger partial charge in [-0.2, -0.15) is 0 Å². The molecule has 0 aliphatic rings. The van der Waals surface area contributed by atoms with Crippen LogP contribution in [0.3, 0.4) is 0 Å². The molecule has 3 aromatic heterocycles. The minimum atomic E-state index is 0.543. The van der Waals surface area contributed by atoms with Crippen LogP contribution in [0.5, 0.6) is 5.75 Å². The van der Waals surface area contributed by atoms with Crippen molar-refractivity contribution >= 4 is 23.1 Å². The lowest BCUT2D eigenvalue weighted by Crippen LogP contribution is -1.89. The zero-order valence-corrected chi connectivity index (χ0v) is 15.5. The predicted molar refractivity (Wildman–Crippen MR) is 99.5 cm³/mol. The van der Waals surface area contributed by atoms with Gasteiger partial charge in [-0.1, -0.05) is 23.9 Å². The minimum absolute atomic E-state index is 0.543. The van der Waals surface area contributed by atoms with E-state index < -0.39 is 0 Å². The van der Waals surface area contributed by atoms with Gasteiger partial charge in [0.05, 0.1) is 25.5 Å². The zero-order chi connectivity index (χ0) is 17.8. The monoisotopic (exact) mass is 385 g/mol. The van der Waals surface area contributed by atoms with Crippen molar-refractivity contribution in [1.29, 1.82) is 0 Å². The number of furan rings is 1. The summed E-state index contributed by atoms with van der Waals surface area (Å²) >= 11 is 3.03. The standard InChI is InChI=1S/C18H15N3O3S2/c1-22-14-6-4-12(5-7-14)9-16-20-21-18(24-16)26-11-13-10-25-17(19-13)15-3-2-8-23-15/h2-8,10H,9,11H2,1H3. The fraction of sp³-hybridized carbons (Fsp3) is 0.167. The van der Waals surface area contributed by atoms with Crippen LogP contribution in [0, 0.1) is 0 Å². The number of aromatic nitrogens is 3. The Morgan fingerprint density at radius 2 is 2.04 bits per heavy atom. The number of nitrogens with zero attached hydrogens (tertiary/aromatic N) is 3. The largest absolute Gasteiger partial charge is 0.497 e. The van der Waals surface area contributed by atoms with Crippen LogP contribution in [0.1, 0.15) is 17.1 Å². The normalized spacial score (nSPS) is 11.0. The summed E-state index contributed by atoms with van der Waals surface area (Å²) in [6.45, 7) is 0. The number of hydrogen-bond acceptors (Lipinski definition) is 8. The Hall–Kier alpha value is -2.58.